The zero-order chi connectivity index (χ0) is 20.8. The largest absolute Gasteiger partial charge is 0.478 e. The summed E-state index contributed by atoms with van der Waals surface area (Å²) in [5.41, 5.74) is 3.12. The van der Waals surface area contributed by atoms with Gasteiger partial charge in [-0.25, -0.2) is 9.78 Å². The van der Waals surface area contributed by atoms with Gasteiger partial charge in [-0.3, -0.25) is 9.69 Å². The summed E-state index contributed by atoms with van der Waals surface area (Å²) in [5.74, 6) is 0.520. The maximum absolute atomic E-state index is 13.2. The van der Waals surface area contributed by atoms with E-state index in [4.69, 9.17) is 0 Å². The number of hydrogen-bond donors (Lipinski definition) is 1. The van der Waals surface area contributed by atoms with Crippen molar-refractivity contribution in [3.8, 4) is 11.4 Å². The van der Waals surface area contributed by atoms with Gasteiger partial charge in [-0.05, 0) is 42.2 Å². The molecule has 3 aromatic rings. The molecule has 5 rings (SSSR count). The number of rotatable bonds is 4. The van der Waals surface area contributed by atoms with Gasteiger partial charge in [-0.1, -0.05) is 12.1 Å². The summed E-state index contributed by atoms with van der Waals surface area (Å²) in [6.07, 6.45) is 4.66. The van der Waals surface area contributed by atoms with Gasteiger partial charge in [0.15, 0.2) is 0 Å². The van der Waals surface area contributed by atoms with Crippen LogP contribution in [0.3, 0.4) is 0 Å². The van der Waals surface area contributed by atoms with Crippen molar-refractivity contribution in [1.82, 2.24) is 19.0 Å². The Kier molecular flexibility index (Phi) is 4.55. The van der Waals surface area contributed by atoms with Crippen LogP contribution in [0.1, 0.15) is 34.0 Å². The van der Waals surface area contributed by atoms with Crippen LogP contribution in [-0.2, 0) is 20.1 Å². The molecule has 1 aromatic carbocycles. The van der Waals surface area contributed by atoms with Gasteiger partial charge in [0.1, 0.15) is 5.82 Å². The average molecular weight is 404 g/mol. The molecule has 4 heterocycles. The molecule has 2 aromatic heterocycles. The summed E-state index contributed by atoms with van der Waals surface area (Å²) in [6, 6.07) is 11.2. The molecule has 1 N–H and O–H groups in total. The average Bonchev–Trinajstić information content (AvgIpc) is 3.14. The van der Waals surface area contributed by atoms with Gasteiger partial charge in [-0.2, -0.15) is 0 Å². The van der Waals surface area contributed by atoms with Crippen LogP contribution in [0.5, 0.6) is 0 Å². The van der Waals surface area contributed by atoms with Gasteiger partial charge in [0.25, 0.3) is 5.56 Å². The highest BCUT2D eigenvalue weighted by Crippen LogP contribution is 2.36. The first kappa shape index (κ1) is 18.8. The highest BCUT2D eigenvalue weighted by molar-refractivity contribution is 5.87. The molecular formula is C23H24N4O3. The van der Waals surface area contributed by atoms with Crippen LogP contribution in [0.2, 0.25) is 0 Å². The zero-order valence-corrected chi connectivity index (χ0v) is 16.9. The van der Waals surface area contributed by atoms with E-state index >= 15 is 0 Å². The number of fused-ring (bicyclic) bond motifs is 4. The number of carboxylic acids is 1. The molecule has 2 aliphatic rings. The van der Waals surface area contributed by atoms with Gasteiger partial charge in [0, 0.05) is 57.2 Å². The number of likely N-dealkylation sites (tertiary alicyclic amines) is 1. The number of aromatic nitrogens is 3. The number of pyridine rings is 1. The fraction of sp³-hybridized carbons (Fsp3) is 0.348. The molecule has 7 heteroatoms. The number of aryl methyl sites for hydroxylation is 1. The van der Waals surface area contributed by atoms with Crippen molar-refractivity contribution in [3.63, 3.8) is 0 Å². The Bertz CT molecular complexity index is 1180. The topological polar surface area (TPSA) is 80.4 Å². The predicted octanol–water partition coefficient (Wildman–Crippen LogP) is 2.57. The van der Waals surface area contributed by atoms with E-state index in [1.165, 1.54) is 0 Å². The molecule has 1 saturated heterocycles. The third kappa shape index (κ3) is 3.25. The van der Waals surface area contributed by atoms with Crippen LogP contribution in [0.4, 0.5) is 0 Å². The van der Waals surface area contributed by atoms with Gasteiger partial charge >= 0.3 is 5.97 Å². The zero-order valence-electron chi connectivity index (χ0n) is 16.9. The second kappa shape index (κ2) is 7.25. The van der Waals surface area contributed by atoms with Gasteiger partial charge < -0.3 is 14.2 Å². The van der Waals surface area contributed by atoms with E-state index in [1.807, 2.05) is 34.5 Å². The summed E-state index contributed by atoms with van der Waals surface area (Å²) < 4.78 is 3.82. The smallest absolute Gasteiger partial charge is 0.335 e. The van der Waals surface area contributed by atoms with Crippen LogP contribution in [0.15, 0.2) is 53.6 Å². The fourth-order valence-electron chi connectivity index (χ4n) is 5.03. The lowest BCUT2D eigenvalue weighted by atomic mass is 9.82. The molecule has 2 atom stereocenters. The number of benzene rings is 1. The maximum Gasteiger partial charge on any atom is 0.335 e. The number of carboxylic acid groups (broad SMARTS) is 1. The van der Waals surface area contributed by atoms with Crippen LogP contribution >= 0.6 is 0 Å². The molecule has 0 saturated carbocycles. The van der Waals surface area contributed by atoms with E-state index in [0.29, 0.717) is 35.3 Å². The summed E-state index contributed by atoms with van der Waals surface area (Å²) in [6.45, 7) is 3.22. The van der Waals surface area contributed by atoms with E-state index < -0.39 is 5.97 Å². The normalized spacial score (nSPS) is 20.7. The van der Waals surface area contributed by atoms with Crippen molar-refractivity contribution >= 4 is 5.97 Å². The fourth-order valence-corrected chi connectivity index (χ4v) is 5.03. The van der Waals surface area contributed by atoms with Crippen molar-refractivity contribution in [1.29, 1.82) is 0 Å². The van der Waals surface area contributed by atoms with Crippen molar-refractivity contribution in [2.24, 2.45) is 13.0 Å². The number of imidazole rings is 1. The number of nitrogens with zero attached hydrogens (tertiary/aromatic N) is 4. The van der Waals surface area contributed by atoms with Crippen LogP contribution in [0, 0.1) is 5.92 Å². The number of carbonyl (C=O) groups is 1. The molecule has 2 aliphatic heterocycles. The third-order valence-electron chi connectivity index (χ3n) is 6.32. The van der Waals surface area contributed by atoms with Gasteiger partial charge in [0.05, 0.1) is 11.1 Å². The maximum atomic E-state index is 13.2. The van der Waals surface area contributed by atoms with Crippen LogP contribution in [-0.4, -0.2) is 43.2 Å². The molecule has 0 spiro atoms. The highest BCUT2D eigenvalue weighted by Gasteiger charge is 2.35. The van der Waals surface area contributed by atoms with Gasteiger partial charge in [0.2, 0.25) is 0 Å². The minimum Gasteiger partial charge on any atom is -0.478 e. The van der Waals surface area contributed by atoms with E-state index in [9.17, 15) is 14.7 Å². The lowest BCUT2D eigenvalue weighted by Gasteiger charge is -2.43. The number of aromatic carboxylic acids is 1. The van der Waals surface area contributed by atoms with E-state index in [1.54, 1.807) is 24.4 Å². The van der Waals surface area contributed by atoms with Gasteiger partial charge in [-0.15, -0.1) is 0 Å². The first-order valence-corrected chi connectivity index (χ1v) is 10.3. The summed E-state index contributed by atoms with van der Waals surface area (Å²) in [4.78, 5) is 31.2. The standard InChI is InChI=1S/C23H24N4O3/c1-25-8-7-24-21(25)19-5-6-20-18-10-16(13-27(20)22(19)28)12-26(14-18)11-15-3-2-4-17(9-15)23(29)30/h2-9,16,18H,10-14H2,1H3,(H,29,30)/t16-,18+/m0/s1. The molecule has 0 radical (unpaired) electrons. The Morgan fingerprint density at radius 1 is 1.20 bits per heavy atom. The monoisotopic (exact) mass is 404 g/mol. The van der Waals surface area contributed by atoms with Crippen LogP contribution in [0.25, 0.3) is 11.4 Å². The predicted molar refractivity (Wildman–Crippen MR) is 112 cm³/mol. The summed E-state index contributed by atoms with van der Waals surface area (Å²) in [7, 11) is 1.90. The highest BCUT2D eigenvalue weighted by atomic mass is 16.4. The summed E-state index contributed by atoms with van der Waals surface area (Å²) >= 11 is 0. The van der Waals surface area contributed by atoms with E-state index in [2.05, 4.69) is 16.0 Å². The molecule has 30 heavy (non-hydrogen) atoms. The van der Waals surface area contributed by atoms with E-state index in [0.717, 1.165) is 37.3 Å². The minimum absolute atomic E-state index is 0.0408. The molecule has 0 unspecified atom stereocenters. The molecule has 7 nitrogen and oxygen atoms in total. The molecular weight excluding hydrogens is 380 g/mol. The SMILES string of the molecule is Cn1ccnc1-c1ccc2n(c1=O)C[C@H]1C[C@@H]2CN(Cc2cccc(C(=O)O)c2)C1. The number of piperidine rings is 1. The Morgan fingerprint density at radius 3 is 2.83 bits per heavy atom. The third-order valence-corrected chi connectivity index (χ3v) is 6.32. The molecule has 0 amide bonds. The quantitative estimate of drug-likeness (QED) is 0.723. The Hall–Kier alpha value is -3.19. The molecule has 1 fully saturated rings. The first-order chi connectivity index (χ1) is 14.5. The Labute approximate surface area is 174 Å². The van der Waals surface area contributed by atoms with Crippen molar-refractivity contribution in [3.05, 3.63) is 76.0 Å². The lowest BCUT2D eigenvalue weighted by molar-refractivity contribution is 0.0696. The van der Waals surface area contributed by atoms with Crippen LogP contribution < -0.4 is 5.56 Å². The van der Waals surface area contributed by atoms with Crippen molar-refractivity contribution in [2.75, 3.05) is 13.1 Å². The number of hydrogen-bond acceptors (Lipinski definition) is 4. The second-order valence-corrected chi connectivity index (χ2v) is 8.45. The molecule has 2 bridgehead atoms. The lowest BCUT2D eigenvalue weighted by Crippen LogP contribution is -2.47. The van der Waals surface area contributed by atoms with Crippen molar-refractivity contribution < 1.29 is 9.90 Å². The van der Waals surface area contributed by atoms with E-state index in [-0.39, 0.29) is 5.56 Å². The minimum atomic E-state index is -0.899. The molecule has 154 valence electrons. The summed E-state index contributed by atoms with van der Waals surface area (Å²) in [5, 5.41) is 9.24. The first-order valence-electron chi connectivity index (χ1n) is 10.3. The molecule has 0 aliphatic carbocycles. The Balaban J connectivity index is 1.41. The Morgan fingerprint density at radius 2 is 2.07 bits per heavy atom. The van der Waals surface area contributed by atoms with Crippen molar-refractivity contribution in [2.45, 2.75) is 25.4 Å². The second-order valence-electron chi connectivity index (χ2n) is 8.45.